The molecule has 0 spiro atoms. The number of rotatable bonds is 3. The Hall–Kier alpha value is -2.11. The van der Waals surface area contributed by atoms with E-state index in [0.717, 1.165) is 5.69 Å². The maximum Gasteiger partial charge on any atom is 0.308 e. The van der Waals surface area contributed by atoms with Crippen molar-refractivity contribution in [2.45, 2.75) is 13.8 Å². The monoisotopic (exact) mass is 264 g/mol. The third-order valence-corrected chi connectivity index (χ3v) is 3.67. The van der Waals surface area contributed by atoms with Gasteiger partial charge in [-0.15, -0.1) is 0 Å². The van der Waals surface area contributed by atoms with E-state index in [4.69, 9.17) is 5.11 Å². The normalized spacial score (nSPS) is 22.5. The minimum absolute atomic E-state index is 0.0769. The Labute approximate surface area is 110 Å². The van der Waals surface area contributed by atoms with Crippen LogP contribution in [-0.2, 0) is 4.79 Å². The van der Waals surface area contributed by atoms with Crippen molar-refractivity contribution in [1.82, 2.24) is 0 Å². The molecule has 2 atom stereocenters. The van der Waals surface area contributed by atoms with Gasteiger partial charge in [0.1, 0.15) is 0 Å². The van der Waals surface area contributed by atoms with E-state index in [1.165, 1.54) is 6.07 Å². The number of nitro groups is 1. The van der Waals surface area contributed by atoms with E-state index in [2.05, 4.69) is 0 Å². The van der Waals surface area contributed by atoms with Gasteiger partial charge in [-0.05, 0) is 25.0 Å². The molecule has 19 heavy (non-hydrogen) atoms. The summed E-state index contributed by atoms with van der Waals surface area (Å²) >= 11 is 0. The highest BCUT2D eigenvalue weighted by Gasteiger charge is 2.35. The summed E-state index contributed by atoms with van der Waals surface area (Å²) in [6.07, 6.45) is 0. The quantitative estimate of drug-likeness (QED) is 0.667. The molecule has 1 aliphatic rings. The van der Waals surface area contributed by atoms with E-state index in [1.807, 2.05) is 11.8 Å². The predicted octanol–water partition coefficient (Wildman–Crippen LogP) is 2.06. The van der Waals surface area contributed by atoms with Gasteiger partial charge in [0, 0.05) is 30.4 Å². The van der Waals surface area contributed by atoms with E-state index in [0.29, 0.717) is 18.7 Å². The molecule has 0 radical (unpaired) electrons. The fourth-order valence-electron chi connectivity index (χ4n) is 2.54. The summed E-state index contributed by atoms with van der Waals surface area (Å²) < 4.78 is 0. The molecule has 102 valence electrons. The van der Waals surface area contributed by atoms with E-state index in [1.54, 1.807) is 19.1 Å². The standard InChI is InChI=1S/C13H16N2O4/c1-8-5-10(3-4-12(8)15(18)19)14-6-9(2)11(7-14)13(16)17/h3-5,9,11H,6-7H2,1-2H3,(H,16,17). The summed E-state index contributed by atoms with van der Waals surface area (Å²) in [6, 6.07) is 4.90. The van der Waals surface area contributed by atoms with Crippen LogP contribution in [0.2, 0.25) is 0 Å². The van der Waals surface area contributed by atoms with Crippen LogP contribution in [0.4, 0.5) is 11.4 Å². The van der Waals surface area contributed by atoms with E-state index >= 15 is 0 Å². The van der Waals surface area contributed by atoms with E-state index in [-0.39, 0.29) is 17.5 Å². The van der Waals surface area contributed by atoms with Gasteiger partial charge in [-0.2, -0.15) is 0 Å². The number of nitro benzene ring substituents is 1. The molecule has 0 aromatic heterocycles. The van der Waals surface area contributed by atoms with Gasteiger partial charge in [0.2, 0.25) is 0 Å². The lowest BCUT2D eigenvalue weighted by Gasteiger charge is -2.18. The average molecular weight is 264 g/mol. The molecule has 2 rings (SSSR count). The number of carboxylic acid groups (broad SMARTS) is 1. The molecule has 1 fully saturated rings. The van der Waals surface area contributed by atoms with Gasteiger partial charge in [-0.3, -0.25) is 14.9 Å². The van der Waals surface area contributed by atoms with Crippen LogP contribution in [0.15, 0.2) is 18.2 Å². The molecule has 0 aliphatic carbocycles. The Morgan fingerprint density at radius 3 is 2.63 bits per heavy atom. The molecule has 1 aromatic rings. The molecule has 6 heteroatoms. The highest BCUT2D eigenvalue weighted by molar-refractivity contribution is 5.72. The Balaban J connectivity index is 2.22. The summed E-state index contributed by atoms with van der Waals surface area (Å²) in [6.45, 7) is 4.72. The lowest BCUT2D eigenvalue weighted by atomic mass is 9.99. The van der Waals surface area contributed by atoms with Gasteiger partial charge in [0.15, 0.2) is 0 Å². The summed E-state index contributed by atoms with van der Waals surface area (Å²) in [4.78, 5) is 23.4. The molecule has 0 saturated carbocycles. The molecule has 1 N–H and O–H groups in total. The number of carbonyl (C=O) groups is 1. The zero-order chi connectivity index (χ0) is 14.2. The van der Waals surface area contributed by atoms with Crippen molar-refractivity contribution >= 4 is 17.3 Å². The third-order valence-electron chi connectivity index (χ3n) is 3.67. The van der Waals surface area contributed by atoms with E-state index < -0.39 is 10.9 Å². The Morgan fingerprint density at radius 1 is 1.47 bits per heavy atom. The first-order chi connectivity index (χ1) is 8.90. The van der Waals surface area contributed by atoms with Crippen molar-refractivity contribution < 1.29 is 14.8 Å². The zero-order valence-electron chi connectivity index (χ0n) is 10.9. The number of hydrogen-bond acceptors (Lipinski definition) is 4. The van der Waals surface area contributed by atoms with Crippen LogP contribution >= 0.6 is 0 Å². The Bertz CT molecular complexity index is 529. The lowest BCUT2D eigenvalue weighted by Crippen LogP contribution is -2.23. The molecular formula is C13H16N2O4. The molecule has 0 bridgehead atoms. The highest BCUT2D eigenvalue weighted by atomic mass is 16.6. The van der Waals surface area contributed by atoms with Crippen LogP contribution in [0.3, 0.4) is 0 Å². The van der Waals surface area contributed by atoms with Crippen molar-refractivity contribution in [3.63, 3.8) is 0 Å². The molecule has 2 unspecified atom stereocenters. The maximum absolute atomic E-state index is 11.1. The number of benzene rings is 1. The predicted molar refractivity (Wildman–Crippen MR) is 70.3 cm³/mol. The summed E-state index contributed by atoms with van der Waals surface area (Å²) in [5.41, 5.74) is 1.53. The largest absolute Gasteiger partial charge is 0.481 e. The minimum atomic E-state index is -0.784. The zero-order valence-corrected chi connectivity index (χ0v) is 10.9. The number of aryl methyl sites for hydroxylation is 1. The van der Waals surface area contributed by atoms with Crippen LogP contribution in [0.25, 0.3) is 0 Å². The summed E-state index contributed by atoms with van der Waals surface area (Å²) in [7, 11) is 0. The number of carboxylic acids is 1. The molecule has 6 nitrogen and oxygen atoms in total. The van der Waals surface area contributed by atoms with Gasteiger partial charge < -0.3 is 10.0 Å². The van der Waals surface area contributed by atoms with Crippen LogP contribution in [0, 0.1) is 28.9 Å². The molecule has 1 saturated heterocycles. The van der Waals surface area contributed by atoms with Crippen LogP contribution < -0.4 is 4.90 Å². The second kappa shape index (κ2) is 4.87. The van der Waals surface area contributed by atoms with Crippen molar-refractivity contribution in [1.29, 1.82) is 0 Å². The number of hydrogen-bond donors (Lipinski definition) is 1. The molecule has 1 heterocycles. The maximum atomic E-state index is 11.1. The van der Waals surface area contributed by atoms with Crippen LogP contribution in [0.1, 0.15) is 12.5 Å². The molecule has 1 aromatic carbocycles. The topological polar surface area (TPSA) is 83.7 Å². The van der Waals surface area contributed by atoms with Gasteiger partial charge in [0.05, 0.1) is 10.8 Å². The van der Waals surface area contributed by atoms with Crippen molar-refractivity contribution in [2.24, 2.45) is 11.8 Å². The first kappa shape index (κ1) is 13.3. The third kappa shape index (κ3) is 2.52. The van der Waals surface area contributed by atoms with E-state index in [9.17, 15) is 14.9 Å². The smallest absolute Gasteiger partial charge is 0.308 e. The average Bonchev–Trinajstić information content (AvgIpc) is 2.70. The highest BCUT2D eigenvalue weighted by Crippen LogP contribution is 2.31. The fourth-order valence-corrected chi connectivity index (χ4v) is 2.54. The minimum Gasteiger partial charge on any atom is -0.481 e. The van der Waals surface area contributed by atoms with Gasteiger partial charge in [0.25, 0.3) is 5.69 Å². The second-order valence-corrected chi connectivity index (χ2v) is 5.05. The molecule has 0 amide bonds. The Morgan fingerprint density at radius 2 is 2.16 bits per heavy atom. The number of anilines is 1. The number of aliphatic carboxylic acids is 1. The van der Waals surface area contributed by atoms with Gasteiger partial charge in [-0.25, -0.2) is 0 Å². The van der Waals surface area contributed by atoms with Crippen molar-refractivity contribution in [3.05, 3.63) is 33.9 Å². The van der Waals surface area contributed by atoms with Crippen molar-refractivity contribution in [2.75, 3.05) is 18.0 Å². The SMILES string of the molecule is Cc1cc(N2CC(C)C(C(=O)O)C2)ccc1[N+](=O)[O-]. The molecule has 1 aliphatic heterocycles. The van der Waals surface area contributed by atoms with Crippen LogP contribution in [-0.4, -0.2) is 29.1 Å². The van der Waals surface area contributed by atoms with Gasteiger partial charge in [-0.1, -0.05) is 6.92 Å². The number of nitrogens with zero attached hydrogens (tertiary/aromatic N) is 2. The van der Waals surface area contributed by atoms with Crippen molar-refractivity contribution in [3.8, 4) is 0 Å². The molecular weight excluding hydrogens is 248 g/mol. The second-order valence-electron chi connectivity index (χ2n) is 5.05. The Kier molecular flexibility index (Phi) is 3.42. The summed E-state index contributed by atoms with van der Waals surface area (Å²) in [5.74, 6) is -1.09. The van der Waals surface area contributed by atoms with Crippen LogP contribution in [0.5, 0.6) is 0 Å². The lowest BCUT2D eigenvalue weighted by molar-refractivity contribution is -0.385. The first-order valence-corrected chi connectivity index (χ1v) is 6.13. The summed E-state index contributed by atoms with van der Waals surface area (Å²) in [5, 5.41) is 19.9. The van der Waals surface area contributed by atoms with Gasteiger partial charge >= 0.3 is 5.97 Å². The fraction of sp³-hybridized carbons (Fsp3) is 0.462. The first-order valence-electron chi connectivity index (χ1n) is 6.13.